The van der Waals surface area contributed by atoms with E-state index in [2.05, 4.69) is 31.3 Å². The number of ether oxygens (including phenoxy) is 2. The maximum atomic E-state index is 5.74. The second-order valence-electron chi connectivity index (χ2n) is 6.20. The minimum Gasteiger partial charge on any atom is -0.486 e. The van der Waals surface area contributed by atoms with Gasteiger partial charge in [0.15, 0.2) is 11.5 Å². The van der Waals surface area contributed by atoms with E-state index >= 15 is 0 Å². The van der Waals surface area contributed by atoms with Gasteiger partial charge in [0.05, 0.1) is 0 Å². The standard InChI is InChI=1S/C17H25NO2/c1-12(2)15-11-17-16(19-7-8-20-17)10-13(15)9-14-5-3-4-6-18-14/h10-12,14,18H,3-9H2,1-2H3. The highest BCUT2D eigenvalue weighted by molar-refractivity contribution is 5.49. The number of rotatable bonds is 3. The molecule has 1 aromatic rings. The van der Waals surface area contributed by atoms with Gasteiger partial charge < -0.3 is 14.8 Å². The van der Waals surface area contributed by atoms with Crippen LogP contribution >= 0.6 is 0 Å². The van der Waals surface area contributed by atoms with E-state index in [1.165, 1.54) is 30.4 Å². The first-order valence-electron chi connectivity index (χ1n) is 7.90. The molecule has 3 rings (SSSR count). The SMILES string of the molecule is CC(C)c1cc2c(cc1CC1CCCCN1)OCCO2. The molecule has 1 atom stereocenters. The summed E-state index contributed by atoms with van der Waals surface area (Å²) in [6.07, 6.45) is 5.05. The van der Waals surface area contributed by atoms with Crippen molar-refractivity contribution in [2.24, 2.45) is 0 Å². The molecule has 0 spiro atoms. The quantitative estimate of drug-likeness (QED) is 0.918. The summed E-state index contributed by atoms with van der Waals surface area (Å²) < 4.78 is 11.5. The molecule has 0 aromatic heterocycles. The first kappa shape index (κ1) is 13.7. The van der Waals surface area contributed by atoms with Gasteiger partial charge in [0.25, 0.3) is 0 Å². The molecule has 1 fully saturated rings. The zero-order chi connectivity index (χ0) is 13.9. The van der Waals surface area contributed by atoms with Crippen LogP contribution < -0.4 is 14.8 Å². The summed E-state index contributed by atoms with van der Waals surface area (Å²) >= 11 is 0. The molecule has 2 heterocycles. The lowest BCUT2D eigenvalue weighted by Gasteiger charge is -2.27. The van der Waals surface area contributed by atoms with Crippen LogP contribution in [0.1, 0.15) is 50.2 Å². The van der Waals surface area contributed by atoms with E-state index in [0.29, 0.717) is 25.2 Å². The summed E-state index contributed by atoms with van der Waals surface area (Å²) in [6, 6.07) is 5.01. The lowest BCUT2D eigenvalue weighted by Crippen LogP contribution is -2.35. The van der Waals surface area contributed by atoms with Crippen LogP contribution in [0.5, 0.6) is 11.5 Å². The number of piperidine rings is 1. The van der Waals surface area contributed by atoms with Crippen LogP contribution in [0.2, 0.25) is 0 Å². The van der Waals surface area contributed by atoms with Gasteiger partial charge >= 0.3 is 0 Å². The minimum atomic E-state index is 0.518. The van der Waals surface area contributed by atoms with Gasteiger partial charge in [-0.1, -0.05) is 20.3 Å². The Morgan fingerprint density at radius 2 is 1.90 bits per heavy atom. The summed E-state index contributed by atoms with van der Waals surface area (Å²) in [5.41, 5.74) is 2.82. The van der Waals surface area contributed by atoms with Gasteiger partial charge in [0, 0.05) is 6.04 Å². The lowest BCUT2D eigenvalue weighted by molar-refractivity contribution is 0.171. The summed E-state index contributed by atoms with van der Waals surface area (Å²) in [5, 5.41) is 3.64. The Bertz CT molecular complexity index is 464. The number of fused-ring (bicyclic) bond motifs is 1. The molecule has 2 aliphatic rings. The third-order valence-corrected chi connectivity index (χ3v) is 4.30. The monoisotopic (exact) mass is 275 g/mol. The van der Waals surface area contributed by atoms with E-state index in [1.807, 2.05) is 0 Å². The van der Waals surface area contributed by atoms with E-state index in [-0.39, 0.29) is 0 Å². The predicted molar refractivity (Wildman–Crippen MR) is 80.9 cm³/mol. The molecule has 3 nitrogen and oxygen atoms in total. The van der Waals surface area contributed by atoms with Crippen molar-refractivity contribution in [1.29, 1.82) is 0 Å². The Balaban J connectivity index is 1.86. The summed E-state index contributed by atoms with van der Waals surface area (Å²) in [7, 11) is 0. The molecule has 0 saturated carbocycles. The van der Waals surface area contributed by atoms with Gasteiger partial charge in [0.1, 0.15) is 13.2 Å². The van der Waals surface area contributed by atoms with E-state index in [1.54, 1.807) is 0 Å². The molecule has 3 heteroatoms. The molecule has 1 unspecified atom stereocenters. The minimum absolute atomic E-state index is 0.518. The Morgan fingerprint density at radius 1 is 1.15 bits per heavy atom. The van der Waals surface area contributed by atoms with Gasteiger partial charge in [-0.05, 0) is 55.0 Å². The maximum absolute atomic E-state index is 5.74. The van der Waals surface area contributed by atoms with Crippen molar-refractivity contribution < 1.29 is 9.47 Å². The van der Waals surface area contributed by atoms with Gasteiger partial charge in [-0.25, -0.2) is 0 Å². The van der Waals surface area contributed by atoms with E-state index in [9.17, 15) is 0 Å². The van der Waals surface area contributed by atoms with Gasteiger partial charge in [0.2, 0.25) is 0 Å². The summed E-state index contributed by atoms with van der Waals surface area (Å²) in [6.45, 7) is 6.99. The second-order valence-corrected chi connectivity index (χ2v) is 6.20. The Labute approximate surface area is 121 Å². The Kier molecular flexibility index (Phi) is 4.16. The largest absolute Gasteiger partial charge is 0.486 e. The number of hydrogen-bond donors (Lipinski definition) is 1. The number of benzene rings is 1. The number of hydrogen-bond acceptors (Lipinski definition) is 3. The molecule has 0 aliphatic carbocycles. The van der Waals surface area contributed by atoms with E-state index < -0.39 is 0 Å². The third-order valence-electron chi connectivity index (χ3n) is 4.30. The van der Waals surface area contributed by atoms with Gasteiger partial charge in [-0.2, -0.15) is 0 Å². The van der Waals surface area contributed by atoms with Gasteiger partial charge in [-0.15, -0.1) is 0 Å². The van der Waals surface area contributed by atoms with Crippen molar-refractivity contribution in [2.45, 2.75) is 51.5 Å². The lowest BCUT2D eigenvalue weighted by atomic mass is 9.90. The molecular weight excluding hydrogens is 250 g/mol. The predicted octanol–water partition coefficient (Wildman–Crippen LogP) is 3.27. The zero-order valence-electron chi connectivity index (χ0n) is 12.6. The first-order chi connectivity index (χ1) is 9.74. The highest BCUT2D eigenvalue weighted by Crippen LogP contribution is 2.36. The fraction of sp³-hybridized carbons (Fsp3) is 0.647. The Hall–Kier alpha value is -1.22. The third kappa shape index (κ3) is 2.93. The van der Waals surface area contributed by atoms with Crippen LogP contribution in [-0.4, -0.2) is 25.8 Å². The molecule has 20 heavy (non-hydrogen) atoms. The van der Waals surface area contributed by atoms with Crippen molar-refractivity contribution in [2.75, 3.05) is 19.8 Å². The maximum Gasteiger partial charge on any atom is 0.161 e. The summed E-state index contributed by atoms with van der Waals surface area (Å²) in [4.78, 5) is 0. The average Bonchev–Trinajstić information content (AvgIpc) is 2.47. The average molecular weight is 275 g/mol. The van der Waals surface area contributed by atoms with Crippen LogP contribution in [0, 0.1) is 0 Å². The van der Waals surface area contributed by atoms with Gasteiger partial charge in [-0.3, -0.25) is 0 Å². The van der Waals surface area contributed by atoms with Crippen molar-refractivity contribution in [1.82, 2.24) is 5.32 Å². The van der Waals surface area contributed by atoms with E-state index in [0.717, 1.165) is 24.5 Å². The molecule has 0 amide bonds. The molecule has 0 bridgehead atoms. The molecule has 1 saturated heterocycles. The van der Waals surface area contributed by atoms with Crippen molar-refractivity contribution >= 4 is 0 Å². The first-order valence-corrected chi connectivity index (χ1v) is 7.90. The van der Waals surface area contributed by atoms with Crippen molar-refractivity contribution in [3.8, 4) is 11.5 Å². The topological polar surface area (TPSA) is 30.5 Å². The van der Waals surface area contributed by atoms with Crippen LogP contribution in [-0.2, 0) is 6.42 Å². The van der Waals surface area contributed by atoms with Crippen molar-refractivity contribution in [3.63, 3.8) is 0 Å². The van der Waals surface area contributed by atoms with Crippen molar-refractivity contribution in [3.05, 3.63) is 23.3 Å². The Morgan fingerprint density at radius 3 is 2.55 bits per heavy atom. The normalized spacial score (nSPS) is 22.1. The molecule has 1 N–H and O–H groups in total. The molecule has 110 valence electrons. The molecule has 1 aromatic carbocycles. The zero-order valence-corrected chi connectivity index (χ0v) is 12.6. The molecule has 0 radical (unpaired) electrons. The summed E-state index contributed by atoms with van der Waals surface area (Å²) in [5.74, 6) is 2.36. The van der Waals surface area contributed by atoms with Crippen LogP contribution in [0.15, 0.2) is 12.1 Å². The number of nitrogens with one attached hydrogen (secondary N) is 1. The van der Waals surface area contributed by atoms with Crippen LogP contribution in [0.25, 0.3) is 0 Å². The fourth-order valence-corrected chi connectivity index (χ4v) is 3.22. The highest BCUT2D eigenvalue weighted by atomic mass is 16.6. The molecule has 2 aliphatic heterocycles. The van der Waals surface area contributed by atoms with E-state index in [4.69, 9.17) is 9.47 Å². The molecular formula is C17H25NO2. The van der Waals surface area contributed by atoms with Crippen LogP contribution in [0.4, 0.5) is 0 Å². The smallest absolute Gasteiger partial charge is 0.161 e. The fourth-order valence-electron chi connectivity index (χ4n) is 3.22. The highest BCUT2D eigenvalue weighted by Gasteiger charge is 2.20. The second kappa shape index (κ2) is 6.04. The van der Waals surface area contributed by atoms with Crippen LogP contribution in [0.3, 0.4) is 0 Å².